The number of halogens is 1. The van der Waals surface area contributed by atoms with E-state index in [1.165, 1.54) is 17.2 Å². The summed E-state index contributed by atoms with van der Waals surface area (Å²) in [6, 6.07) is 12.3. The molecule has 1 saturated heterocycles. The lowest BCUT2D eigenvalue weighted by Crippen LogP contribution is -2.48. The van der Waals surface area contributed by atoms with Gasteiger partial charge in [0.05, 0.1) is 24.9 Å². The molecule has 26 heavy (non-hydrogen) atoms. The maximum absolute atomic E-state index is 13.9. The molecule has 2 aliphatic heterocycles. The Morgan fingerprint density at radius 3 is 2.69 bits per heavy atom. The van der Waals surface area contributed by atoms with Crippen molar-refractivity contribution in [2.75, 3.05) is 26.8 Å². The van der Waals surface area contributed by atoms with Crippen molar-refractivity contribution < 1.29 is 18.7 Å². The first-order valence-corrected chi connectivity index (χ1v) is 8.98. The number of hydrogen-bond acceptors (Lipinski definition) is 3. The minimum Gasteiger partial charge on any atom is -0.497 e. The average molecular weight is 355 g/mol. The van der Waals surface area contributed by atoms with Gasteiger partial charge in [0.2, 0.25) is 0 Å². The number of ether oxygens (including phenoxy) is 2. The summed E-state index contributed by atoms with van der Waals surface area (Å²) in [5, 5.41) is 0. The van der Waals surface area contributed by atoms with Crippen molar-refractivity contribution in [2.45, 2.75) is 24.9 Å². The minimum absolute atomic E-state index is 0.137. The number of rotatable bonds is 2. The summed E-state index contributed by atoms with van der Waals surface area (Å²) in [6.07, 6.45) is 2.30. The maximum Gasteiger partial charge on any atom is 0.256 e. The van der Waals surface area contributed by atoms with Crippen LogP contribution in [0.1, 0.15) is 34.3 Å². The van der Waals surface area contributed by atoms with E-state index >= 15 is 0 Å². The van der Waals surface area contributed by atoms with Crippen LogP contribution in [-0.4, -0.2) is 37.6 Å². The molecule has 0 aliphatic carbocycles. The van der Waals surface area contributed by atoms with Crippen LogP contribution in [0.2, 0.25) is 0 Å². The van der Waals surface area contributed by atoms with Gasteiger partial charge >= 0.3 is 0 Å². The number of likely N-dealkylation sites (tertiary alicyclic amines) is 1. The van der Waals surface area contributed by atoms with Gasteiger partial charge in [-0.05, 0) is 54.7 Å². The van der Waals surface area contributed by atoms with Crippen molar-refractivity contribution >= 4 is 5.91 Å². The van der Waals surface area contributed by atoms with Crippen molar-refractivity contribution in [3.05, 3.63) is 65.0 Å². The highest BCUT2D eigenvalue weighted by atomic mass is 19.1. The summed E-state index contributed by atoms with van der Waals surface area (Å²) < 4.78 is 25.5. The highest BCUT2D eigenvalue weighted by Crippen LogP contribution is 2.42. The monoisotopic (exact) mass is 355 g/mol. The number of piperidine rings is 1. The van der Waals surface area contributed by atoms with Gasteiger partial charge in [-0.25, -0.2) is 4.39 Å². The highest BCUT2D eigenvalue weighted by molar-refractivity contribution is 5.94. The van der Waals surface area contributed by atoms with Gasteiger partial charge in [-0.3, -0.25) is 4.79 Å². The van der Waals surface area contributed by atoms with Crippen molar-refractivity contribution in [3.63, 3.8) is 0 Å². The first-order chi connectivity index (χ1) is 12.6. The van der Waals surface area contributed by atoms with Crippen LogP contribution in [0.25, 0.3) is 0 Å². The lowest BCUT2D eigenvalue weighted by atomic mass is 9.79. The Bertz CT molecular complexity index is 828. The normalized spacial score (nSPS) is 18.5. The molecule has 2 aliphatic rings. The first-order valence-electron chi connectivity index (χ1n) is 8.98. The van der Waals surface area contributed by atoms with Crippen LogP contribution in [0.4, 0.5) is 4.39 Å². The zero-order chi connectivity index (χ0) is 18.1. The number of fused-ring (bicyclic) bond motifs is 2. The highest BCUT2D eigenvalue weighted by Gasteiger charge is 2.42. The second kappa shape index (κ2) is 6.72. The largest absolute Gasteiger partial charge is 0.497 e. The molecule has 0 aromatic heterocycles. The molecule has 0 saturated carbocycles. The molecular formula is C21H22FNO3. The van der Waals surface area contributed by atoms with E-state index in [-0.39, 0.29) is 17.1 Å². The average Bonchev–Trinajstić information content (AvgIpc) is 2.68. The second-order valence-corrected chi connectivity index (χ2v) is 6.89. The Kier molecular flexibility index (Phi) is 4.41. The molecule has 2 aromatic carbocycles. The smallest absolute Gasteiger partial charge is 0.256 e. The van der Waals surface area contributed by atoms with Gasteiger partial charge in [-0.2, -0.15) is 0 Å². The molecule has 136 valence electrons. The van der Waals surface area contributed by atoms with E-state index in [4.69, 9.17) is 9.47 Å². The number of carbonyl (C=O) groups excluding carboxylic acids is 1. The molecule has 5 heteroatoms. The summed E-state index contributed by atoms with van der Waals surface area (Å²) in [5.41, 5.74) is 2.23. The van der Waals surface area contributed by atoms with Crippen molar-refractivity contribution in [3.8, 4) is 5.75 Å². The van der Waals surface area contributed by atoms with E-state index in [9.17, 15) is 9.18 Å². The molecule has 0 atom stereocenters. The van der Waals surface area contributed by atoms with Crippen molar-refractivity contribution in [1.82, 2.24) is 4.90 Å². The van der Waals surface area contributed by atoms with E-state index < -0.39 is 5.82 Å². The summed E-state index contributed by atoms with van der Waals surface area (Å²) >= 11 is 0. The van der Waals surface area contributed by atoms with Crippen LogP contribution in [-0.2, 0) is 16.8 Å². The van der Waals surface area contributed by atoms with Gasteiger partial charge in [-0.1, -0.05) is 18.2 Å². The third-order valence-electron chi connectivity index (χ3n) is 5.52. The fraction of sp³-hybridized carbons (Fsp3) is 0.381. The summed E-state index contributed by atoms with van der Waals surface area (Å²) in [4.78, 5) is 14.4. The Morgan fingerprint density at radius 2 is 1.96 bits per heavy atom. The van der Waals surface area contributed by atoms with Crippen molar-refractivity contribution in [1.29, 1.82) is 0 Å². The number of carbonyl (C=O) groups is 1. The quantitative estimate of drug-likeness (QED) is 0.827. The lowest BCUT2D eigenvalue weighted by Gasteiger charge is -2.45. The van der Waals surface area contributed by atoms with E-state index in [0.29, 0.717) is 32.5 Å². The van der Waals surface area contributed by atoms with Gasteiger partial charge in [0.1, 0.15) is 11.6 Å². The first kappa shape index (κ1) is 17.0. The third kappa shape index (κ3) is 2.86. The standard InChI is InChI=1S/C21H22FNO3/c1-25-16-6-7-18-15(14-16)8-13-26-21(18)9-11-23(12-10-21)20(24)17-4-2-3-5-19(17)22/h2-7,14H,8-13H2,1H3. The van der Waals surface area contributed by atoms with Crippen LogP contribution in [0.5, 0.6) is 5.75 Å². The molecule has 1 fully saturated rings. The summed E-state index contributed by atoms with van der Waals surface area (Å²) in [7, 11) is 1.67. The van der Waals surface area contributed by atoms with Gasteiger partial charge in [-0.15, -0.1) is 0 Å². The number of methoxy groups -OCH3 is 1. The molecule has 0 unspecified atom stereocenters. The Balaban J connectivity index is 1.54. The fourth-order valence-corrected chi connectivity index (χ4v) is 4.07. The summed E-state index contributed by atoms with van der Waals surface area (Å²) in [6.45, 7) is 1.78. The zero-order valence-corrected chi connectivity index (χ0v) is 14.8. The lowest BCUT2D eigenvalue weighted by molar-refractivity contribution is -0.0935. The predicted octanol–water partition coefficient (Wildman–Crippen LogP) is 3.54. The molecule has 1 amide bonds. The molecule has 0 radical (unpaired) electrons. The predicted molar refractivity (Wildman–Crippen MR) is 95.9 cm³/mol. The van der Waals surface area contributed by atoms with Gasteiger partial charge in [0.15, 0.2) is 0 Å². The second-order valence-electron chi connectivity index (χ2n) is 6.89. The number of hydrogen-bond donors (Lipinski definition) is 0. The molecule has 4 rings (SSSR count). The maximum atomic E-state index is 13.9. The van der Waals surface area contributed by atoms with Crippen LogP contribution in [0.15, 0.2) is 42.5 Å². The molecule has 0 N–H and O–H groups in total. The Hall–Kier alpha value is -2.40. The van der Waals surface area contributed by atoms with E-state index in [1.54, 1.807) is 30.2 Å². The van der Waals surface area contributed by atoms with Crippen molar-refractivity contribution in [2.24, 2.45) is 0 Å². The zero-order valence-electron chi connectivity index (χ0n) is 14.8. The number of amides is 1. The molecule has 1 spiro atoms. The SMILES string of the molecule is COc1ccc2c(c1)CCOC21CCN(C(=O)c2ccccc2F)CC1. The topological polar surface area (TPSA) is 38.8 Å². The van der Waals surface area contributed by atoms with E-state index in [1.807, 2.05) is 6.07 Å². The molecule has 0 bridgehead atoms. The van der Waals surface area contributed by atoms with Gasteiger partial charge in [0.25, 0.3) is 5.91 Å². The molecule has 2 heterocycles. The minimum atomic E-state index is -0.468. The Labute approximate surface area is 152 Å². The van der Waals surface area contributed by atoms with Crippen LogP contribution >= 0.6 is 0 Å². The molecule has 4 nitrogen and oxygen atoms in total. The van der Waals surface area contributed by atoms with Crippen LogP contribution < -0.4 is 4.74 Å². The van der Waals surface area contributed by atoms with E-state index in [2.05, 4.69) is 12.1 Å². The number of benzene rings is 2. The van der Waals surface area contributed by atoms with Gasteiger partial charge in [0, 0.05) is 13.1 Å². The Morgan fingerprint density at radius 1 is 1.19 bits per heavy atom. The molecule has 2 aromatic rings. The van der Waals surface area contributed by atoms with E-state index in [0.717, 1.165) is 12.2 Å². The van der Waals surface area contributed by atoms with Gasteiger partial charge < -0.3 is 14.4 Å². The van der Waals surface area contributed by atoms with Crippen LogP contribution in [0, 0.1) is 5.82 Å². The number of nitrogens with zero attached hydrogens (tertiary/aromatic N) is 1. The molecular weight excluding hydrogens is 333 g/mol. The third-order valence-corrected chi connectivity index (χ3v) is 5.52. The van der Waals surface area contributed by atoms with Crippen LogP contribution in [0.3, 0.4) is 0 Å². The summed E-state index contributed by atoms with van der Waals surface area (Å²) in [5.74, 6) is 0.140. The fourth-order valence-electron chi connectivity index (χ4n) is 4.07.